The molecule has 0 nitrogen and oxygen atoms in total. The molecule has 0 rings (SSSR count). The molecule has 0 aromatic rings. The van der Waals surface area contributed by atoms with Crippen molar-refractivity contribution in [3.63, 3.8) is 0 Å². The first-order valence-corrected chi connectivity index (χ1v) is 5.68. The van der Waals surface area contributed by atoms with Gasteiger partial charge in [0.1, 0.15) is 5.57 Å². The molecule has 0 aliphatic rings. The van der Waals surface area contributed by atoms with Crippen molar-refractivity contribution in [2.24, 2.45) is 0 Å². The van der Waals surface area contributed by atoms with Crippen LogP contribution in [0.3, 0.4) is 0 Å². The Bertz CT molecular complexity index is 343. The Morgan fingerprint density at radius 2 is 1.06 bits per heavy atom. The number of rotatable bonds is 2. The molecule has 0 saturated heterocycles. The van der Waals surface area contributed by atoms with E-state index in [2.05, 4.69) is 0 Å². The third kappa shape index (κ3) is 4.00. The zero-order valence-electron chi connectivity index (χ0n) is 7.54. The van der Waals surface area contributed by atoms with E-state index in [0.29, 0.717) is 0 Å². The average molecular weight is 516 g/mol. The lowest BCUT2D eigenvalue weighted by molar-refractivity contribution is -0.281. The molecule has 0 aliphatic heterocycles. The molecule has 0 fully saturated rings. The number of hydrogen-bond acceptors (Lipinski definition) is 0. The standard InChI is InChI=1S/C6F10I2/c7-3(8,6(14,15)16)1(4(9,10)11)2(17)5(12,13)18/b2-1-. The van der Waals surface area contributed by atoms with Crippen LogP contribution in [-0.2, 0) is 0 Å². The number of hydrogen-bond donors (Lipinski definition) is 0. The van der Waals surface area contributed by atoms with E-state index in [4.69, 9.17) is 0 Å². The summed E-state index contributed by atoms with van der Waals surface area (Å²) in [6, 6.07) is 0. The first-order valence-electron chi connectivity index (χ1n) is 3.52. The molecule has 0 N–H and O–H groups in total. The second-order valence-corrected chi connectivity index (χ2v) is 5.19. The Morgan fingerprint density at radius 3 is 1.22 bits per heavy atom. The van der Waals surface area contributed by atoms with Gasteiger partial charge in [0.2, 0.25) is 0 Å². The zero-order chi connectivity index (χ0) is 15.2. The summed E-state index contributed by atoms with van der Waals surface area (Å²) in [6.07, 6.45) is -12.9. The molecule has 108 valence electrons. The normalized spacial score (nSPS) is 16.7. The van der Waals surface area contributed by atoms with Crippen LogP contribution in [0, 0.1) is 0 Å². The predicted octanol–water partition coefficient (Wildman–Crippen LogP) is 5.46. The van der Waals surface area contributed by atoms with E-state index < -0.39 is 31.4 Å². The van der Waals surface area contributed by atoms with Gasteiger partial charge >= 0.3 is 22.2 Å². The monoisotopic (exact) mass is 516 g/mol. The van der Waals surface area contributed by atoms with Gasteiger partial charge in [-0.15, -0.1) is 0 Å². The summed E-state index contributed by atoms with van der Waals surface area (Å²) in [5.74, 6) is -6.42. The van der Waals surface area contributed by atoms with Crippen molar-refractivity contribution in [2.45, 2.75) is 22.2 Å². The third-order valence-corrected chi connectivity index (χ3v) is 4.21. The topological polar surface area (TPSA) is 0 Å². The average Bonchev–Trinajstić information content (AvgIpc) is 1.95. The number of allylic oxidation sites excluding steroid dienone is 2. The summed E-state index contributed by atoms with van der Waals surface area (Å²) in [6.45, 7) is 0. The molecule has 0 saturated carbocycles. The summed E-state index contributed by atoms with van der Waals surface area (Å²) in [7, 11) is 0. The minimum atomic E-state index is -6.63. The summed E-state index contributed by atoms with van der Waals surface area (Å²) in [5, 5.41) is 0. The minimum Gasteiger partial charge on any atom is -0.191 e. The Hall–Kier alpha value is 0.500. The van der Waals surface area contributed by atoms with Crippen molar-refractivity contribution >= 4 is 45.2 Å². The van der Waals surface area contributed by atoms with E-state index in [9.17, 15) is 43.9 Å². The Labute approximate surface area is 120 Å². The van der Waals surface area contributed by atoms with Gasteiger partial charge in [-0.2, -0.15) is 43.9 Å². The molecule has 0 amide bonds. The second kappa shape index (κ2) is 5.12. The van der Waals surface area contributed by atoms with Crippen molar-refractivity contribution in [1.29, 1.82) is 0 Å². The van der Waals surface area contributed by atoms with Crippen molar-refractivity contribution in [2.75, 3.05) is 0 Å². The number of halogens is 12. The van der Waals surface area contributed by atoms with Crippen molar-refractivity contribution in [3.8, 4) is 0 Å². The fourth-order valence-corrected chi connectivity index (χ4v) is 1.64. The van der Waals surface area contributed by atoms with Crippen LogP contribution in [0.5, 0.6) is 0 Å². The predicted molar refractivity (Wildman–Crippen MR) is 57.1 cm³/mol. The van der Waals surface area contributed by atoms with Gasteiger partial charge in [-0.3, -0.25) is 0 Å². The molecule has 18 heavy (non-hydrogen) atoms. The molecule has 0 bridgehead atoms. The van der Waals surface area contributed by atoms with Gasteiger partial charge in [-0.1, -0.05) is 0 Å². The highest BCUT2D eigenvalue weighted by Crippen LogP contribution is 2.53. The van der Waals surface area contributed by atoms with Gasteiger partial charge in [0.05, 0.1) is 3.58 Å². The largest absolute Gasteiger partial charge is 0.458 e. The van der Waals surface area contributed by atoms with E-state index in [-0.39, 0.29) is 45.2 Å². The maximum absolute atomic E-state index is 12.6. The Kier molecular flexibility index (Phi) is 5.26. The molecule has 0 aromatic heterocycles. The molecule has 0 unspecified atom stereocenters. The lowest BCUT2D eigenvalue weighted by atomic mass is 10.1. The van der Waals surface area contributed by atoms with E-state index in [1.807, 2.05) is 0 Å². The van der Waals surface area contributed by atoms with E-state index in [1.165, 1.54) is 0 Å². The summed E-state index contributed by atoms with van der Waals surface area (Å²) < 4.78 is 115. The lowest BCUT2D eigenvalue weighted by Crippen LogP contribution is -2.44. The van der Waals surface area contributed by atoms with Gasteiger partial charge in [-0.25, -0.2) is 0 Å². The van der Waals surface area contributed by atoms with Gasteiger partial charge < -0.3 is 0 Å². The van der Waals surface area contributed by atoms with Crippen LogP contribution in [0.15, 0.2) is 9.15 Å². The van der Waals surface area contributed by atoms with Crippen LogP contribution in [0.1, 0.15) is 0 Å². The van der Waals surface area contributed by atoms with Gasteiger partial charge in [0.15, 0.2) is 0 Å². The number of alkyl halides is 11. The molecule has 0 radical (unpaired) electrons. The molecule has 0 aliphatic carbocycles. The molecule has 0 spiro atoms. The summed E-state index contributed by atoms with van der Waals surface area (Å²) in [5.41, 5.74) is -3.61. The molecule has 0 atom stereocenters. The van der Waals surface area contributed by atoms with E-state index in [0.717, 1.165) is 0 Å². The van der Waals surface area contributed by atoms with Crippen molar-refractivity contribution < 1.29 is 43.9 Å². The quantitative estimate of drug-likeness (QED) is 0.260. The SMILES string of the molecule is FC(F)(F)/C(=C(\I)C(F)(F)I)C(F)(F)C(F)(F)F. The van der Waals surface area contributed by atoms with Crippen LogP contribution in [0.25, 0.3) is 0 Å². The molecule has 12 heteroatoms. The Balaban J connectivity index is 6.18. The van der Waals surface area contributed by atoms with E-state index >= 15 is 0 Å². The van der Waals surface area contributed by atoms with Gasteiger partial charge in [-0.05, 0) is 22.6 Å². The zero-order valence-corrected chi connectivity index (χ0v) is 11.9. The lowest BCUT2D eigenvalue weighted by Gasteiger charge is -2.26. The minimum absolute atomic E-state index is 0.0266. The van der Waals surface area contributed by atoms with Crippen LogP contribution in [0.2, 0.25) is 0 Å². The fraction of sp³-hybridized carbons (Fsp3) is 0.667. The smallest absolute Gasteiger partial charge is 0.191 e. The molecular formula is C6F10I2. The van der Waals surface area contributed by atoms with Crippen LogP contribution >= 0.6 is 45.2 Å². The maximum Gasteiger partial charge on any atom is 0.458 e. The molecule has 0 aromatic carbocycles. The first-order chi connectivity index (χ1) is 7.53. The summed E-state index contributed by atoms with van der Waals surface area (Å²) in [4.78, 5) is 0. The Morgan fingerprint density at radius 1 is 0.722 bits per heavy atom. The first kappa shape index (κ1) is 18.5. The van der Waals surface area contributed by atoms with Crippen molar-refractivity contribution in [3.05, 3.63) is 9.15 Å². The van der Waals surface area contributed by atoms with E-state index in [1.54, 1.807) is 0 Å². The second-order valence-electron chi connectivity index (χ2n) is 2.76. The third-order valence-electron chi connectivity index (χ3n) is 1.42. The van der Waals surface area contributed by atoms with Crippen molar-refractivity contribution in [1.82, 2.24) is 0 Å². The van der Waals surface area contributed by atoms with Gasteiger partial charge in [0.25, 0.3) is 0 Å². The highest BCUT2D eigenvalue weighted by atomic mass is 127. The van der Waals surface area contributed by atoms with Crippen LogP contribution in [-0.4, -0.2) is 22.2 Å². The maximum atomic E-state index is 12.6. The molecule has 0 heterocycles. The van der Waals surface area contributed by atoms with Gasteiger partial charge in [0, 0.05) is 22.6 Å². The van der Waals surface area contributed by atoms with Crippen LogP contribution < -0.4 is 0 Å². The molecular weight excluding hydrogens is 516 g/mol. The highest BCUT2D eigenvalue weighted by molar-refractivity contribution is 14.1. The van der Waals surface area contributed by atoms with Crippen LogP contribution in [0.4, 0.5) is 43.9 Å². The fourth-order valence-electron chi connectivity index (χ4n) is 0.724. The summed E-state index contributed by atoms with van der Waals surface area (Å²) >= 11 is 0.150. The highest BCUT2D eigenvalue weighted by Gasteiger charge is 2.68.